The molecule has 3 N–H and O–H groups in total. The van der Waals surface area contributed by atoms with E-state index in [1.165, 1.54) is 6.07 Å². The molecule has 1 aromatic rings. The van der Waals surface area contributed by atoms with Gasteiger partial charge in [0, 0.05) is 5.56 Å². The average molecular weight is 195 g/mol. The predicted molar refractivity (Wildman–Crippen MR) is 54.0 cm³/mol. The van der Waals surface area contributed by atoms with Crippen molar-refractivity contribution in [2.24, 2.45) is 5.73 Å². The maximum Gasteiger partial charge on any atom is 0.335 e. The Morgan fingerprint density at radius 3 is 2.46 bits per heavy atom. The number of carbonyl (C=O) groups is 1. The molecule has 0 heterocycles. The van der Waals surface area contributed by atoms with Crippen LogP contribution in [0.2, 0.25) is 0 Å². The third-order valence-electron chi connectivity index (χ3n) is 1.83. The summed E-state index contributed by atoms with van der Waals surface area (Å²) in [5.41, 5.74) is 6.90. The number of nitrogens with two attached hydrogens (primary N) is 1. The van der Waals surface area contributed by atoms with Crippen LogP contribution in [-0.4, -0.2) is 16.1 Å². The van der Waals surface area contributed by atoms with Crippen molar-refractivity contribution in [1.29, 1.82) is 0 Å². The first-order valence-electron chi connectivity index (χ1n) is 3.66. The molecule has 0 fully saturated rings. The van der Waals surface area contributed by atoms with E-state index < -0.39 is 5.97 Å². The maximum absolute atomic E-state index is 10.7. The van der Waals surface area contributed by atoms with Gasteiger partial charge in [0.15, 0.2) is 0 Å². The van der Waals surface area contributed by atoms with Crippen LogP contribution in [0.5, 0.6) is 0 Å². The van der Waals surface area contributed by atoms with Gasteiger partial charge in [0.05, 0.1) is 5.56 Å². The maximum atomic E-state index is 10.7. The van der Waals surface area contributed by atoms with E-state index in [4.69, 9.17) is 23.1 Å². The monoisotopic (exact) mass is 195 g/mol. The number of carboxylic acid groups (broad SMARTS) is 1. The number of rotatable bonds is 2. The molecule has 0 spiro atoms. The topological polar surface area (TPSA) is 63.3 Å². The Morgan fingerprint density at radius 2 is 2.00 bits per heavy atom. The van der Waals surface area contributed by atoms with Crippen LogP contribution in [-0.2, 0) is 0 Å². The summed E-state index contributed by atoms with van der Waals surface area (Å²) in [5.74, 6) is -0.962. The fraction of sp³-hybridized carbons (Fsp3) is 0.111. The number of carboxylic acids is 1. The normalized spacial score (nSPS) is 9.62. The van der Waals surface area contributed by atoms with Crippen LogP contribution in [0.3, 0.4) is 0 Å². The number of hydrogen-bond donors (Lipinski definition) is 2. The lowest BCUT2D eigenvalue weighted by Crippen LogP contribution is -2.13. The van der Waals surface area contributed by atoms with E-state index in [0.717, 1.165) is 0 Å². The van der Waals surface area contributed by atoms with E-state index in [2.05, 4.69) is 0 Å². The summed E-state index contributed by atoms with van der Waals surface area (Å²) >= 11 is 4.78. The summed E-state index contributed by atoms with van der Waals surface area (Å²) in [6.45, 7) is 1.69. The molecule has 0 aliphatic heterocycles. The van der Waals surface area contributed by atoms with Gasteiger partial charge in [-0.25, -0.2) is 4.79 Å². The highest BCUT2D eigenvalue weighted by molar-refractivity contribution is 7.80. The molecular formula is C9H9NO2S. The predicted octanol–water partition coefficient (Wildman–Crippen LogP) is 1.33. The molecule has 0 aliphatic carbocycles. The summed E-state index contributed by atoms with van der Waals surface area (Å²) in [6.07, 6.45) is 0. The van der Waals surface area contributed by atoms with Gasteiger partial charge in [0.2, 0.25) is 0 Å². The lowest BCUT2D eigenvalue weighted by molar-refractivity contribution is 0.0696. The van der Waals surface area contributed by atoms with E-state index in [1.807, 2.05) is 0 Å². The molecule has 0 unspecified atom stereocenters. The minimum absolute atomic E-state index is 0.223. The molecule has 4 heteroatoms. The second kappa shape index (κ2) is 3.53. The molecular weight excluding hydrogens is 186 g/mol. The smallest absolute Gasteiger partial charge is 0.335 e. The lowest BCUT2D eigenvalue weighted by atomic mass is 10.0. The summed E-state index contributed by atoms with van der Waals surface area (Å²) in [7, 11) is 0. The first kappa shape index (κ1) is 9.67. The minimum Gasteiger partial charge on any atom is -0.478 e. The average Bonchev–Trinajstić information content (AvgIpc) is 2.03. The van der Waals surface area contributed by atoms with Crippen LogP contribution < -0.4 is 5.73 Å². The van der Waals surface area contributed by atoms with Crippen LogP contribution in [0.4, 0.5) is 0 Å². The van der Waals surface area contributed by atoms with Crippen molar-refractivity contribution < 1.29 is 9.90 Å². The Morgan fingerprint density at radius 1 is 1.46 bits per heavy atom. The summed E-state index contributed by atoms with van der Waals surface area (Å²) in [6, 6.07) is 4.87. The van der Waals surface area contributed by atoms with Crippen LogP contribution in [0.25, 0.3) is 0 Å². The zero-order valence-electron chi connectivity index (χ0n) is 7.07. The van der Waals surface area contributed by atoms with Crippen molar-refractivity contribution in [3.05, 3.63) is 34.9 Å². The fourth-order valence-corrected chi connectivity index (χ4v) is 1.36. The second-order valence-electron chi connectivity index (χ2n) is 2.65. The zero-order chi connectivity index (χ0) is 10.0. The first-order valence-corrected chi connectivity index (χ1v) is 4.07. The fourth-order valence-electron chi connectivity index (χ4n) is 1.13. The van der Waals surface area contributed by atoms with Crippen molar-refractivity contribution in [3.8, 4) is 0 Å². The molecule has 0 atom stereocenters. The van der Waals surface area contributed by atoms with Crippen molar-refractivity contribution >= 4 is 23.2 Å². The molecule has 13 heavy (non-hydrogen) atoms. The van der Waals surface area contributed by atoms with Gasteiger partial charge in [-0.05, 0) is 18.6 Å². The Balaban J connectivity index is 3.35. The van der Waals surface area contributed by atoms with Gasteiger partial charge >= 0.3 is 5.97 Å². The molecule has 0 amide bonds. The van der Waals surface area contributed by atoms with Crippen LogP contribution >= 0.6 is 12.2 Å². The van der Waals surface area contributed by atoms with Crippen molar-refractivity contribution in [2.75, 3.05) is 0 Å². The molecule has 1 aromatic carbocycles. The van der Waals surface area contributed by atoms with Gasteiger partial charge in [0.25, 0.3) is 0 Å². The largest absolute Gasteiger partial charge is 0.478 e. The highest BCUT2D eigenvalue weighted by atomic mass is 32.1. The standard InChI is InChI=1S/C9H9NO2S/c1-5-6(8(10)13)3-2-4-7(5)9(11)12/h2-4H,1H3,(H2,10,13)(H,11,12). The van der Waals surface area contributed by atoms with E-state index in [9.17, 15) is 4.79 Å². The van der Waals surface area contributed by atoms with E-state index in [0.29, 0.717) is 11.1 Å². The van der Waals surface area contributed by atoms with Crippen molar-refractivity contribution in [1.82, 2.24) is 0 Å². The molecule has 0 saturated heterocycles. The summed E-state index contributed by atoms with van der Waals surface area (Å²) < 4.78 is 0. The zero-order valence-corrected chi connectivity index (χ0v) is 7.89. The van der Waals surface area contributed by atoms with Crippen LogP contribution in [0.1, 0.15) is 21.5 Å². The van der Waals surface area contributed by atoms with E-state index >= 15 is 0 Å². The minimum atomic E-state index is -0.962. The quantitative estimate of drug-likeness (QED) is 0.699. The molecule has 3 nitrogen and oxygen atoms in total. The molecule has 68 valence electrons. The Labute approximate surface area is 81.2 Å². The van der Waals surface area contributed by atoms with E-state index in [-0.39, 0.29) is 10.6 Å². The SMILES string of the molecule is Cc1c(C(=O)O)cccc1C(N)=S. The van der Waals surface area contributed by atoms with Crippen LogP contribution in [0, 0.1) is 6.92 Å². The summed E-state index contributed by atoms with van der Waals surface area (Å²) in [5, 5.41) is 8.79. The third kappa shape index (κ3) is 1.84. The molecule has 1 rings (SSSR count). The molecule has 0 saturated carbocycles. The second-order valence-corrected chi connectivity index (χ2v) is 3.09. The highest BCUT2D eigenvalue weighted by Crippen LogP contribution is 2.13. The van der Waals surface area contributed by atoms with Crippen molar-refractivity contribution in [2.45, 2.75) is 6.92 Å². The molecule has 0 radical (unpaired) electrons. The summed E-state index contributed by atoms with van der Waals surface area (Å²) in [4.78, 5) is 10.9. The van der Waals surface area contributed by atoms with Gasteiger partial charge < -0.3 is 10.8 Å². The Hall–Kier alpha value is -1.42. The van der Waals surface area contributed by atoms with Crippen LogP contribution in [0.15, 0.2) is 18.2 Å². The van der Waals surface area contributed by atoms with E-state index in [1.54, 1.807) is 19.1 Å². The number of hydrogen-bond acceptors (Lipinski definition) is 2. The molecule has 0 aromatic heterocycles. The van der Waals surface area contributed by atoms with Gasteiger partial charge in [0.1, 0.15) is 4.99 Å². The van der Waals surface area contributed by atoms with Gasteiger partial charge in [-0.2, -0.15) is 0 Å². The highest BCUT2D eigenvalue weighted by Gasteiger charge is 2.10. The number of thiocarbonyl (C=S) groups is 1. The Kier molecular flexibility index (Phi) is 2.63. The first-order chi connectivity index (χ1) is 6.04. The molecule has 0 aliphatic rings. The lowest BCUT2D eigenvalue weighted by Gasteiger charge is -2.05. The Bertz CT molecular complexity index is 342. The van der Waals surface area contributed by atoms with Crippen molar-refractivity contribution in [3.63, 3.8) is 0 Å². The van der Waals surface area contributed by atoms with Gasteiger partial charge in [-0.1, -0.05) is 24.4 Å². The number of benzene rings is 1. The molecule has 0 bridgehead atoms. The van der Waals surface area contributed by atoms with Gasteiger partial charge in [-0.15, -0.1) is 0 Å². The van der Waals surface area contributed by atoms with Gasteiger partial charge in [-0.3, -0.25) is 0 Å². The third-order valence-corrected chi connectivity index (χ3v) is 2.05. The number of aromatic carboxylic acids is 1.